The molecule has 0 amide bonds. The van der Waals surface area contributed by atoms with Crippen molar-refractivity contribution in [2.24, 2.45) is 7.05 Å². The van der Waals surface area contributed by atoms with Crippen LogP contribution in [0.4, 0.5) is 0 Å². The van der Waals surface area contributed by atoms with Gasteiger partial charge in [0, 0.05) is 29.1 Å². The molecule has 0 radical (unpaired) electrons. The molecule has 1 aliphatic heterocycles. The van der Waals surface area contributed by atoms with Crippen molar-refractivity contribution in [3.05, 3.63) is 11.9 Å². The number of aromatic nitrogens is 2. The van der Waals surface area contributed by atoms with E-state index in [1.807, 2.05) is 18.8 Å². The van der Waals surface area contributed by atoms with Crippen LogP contribution in [-0.2, 0) is 7.05 Å². The predicted octanol–water partition coefficient (Wildman–Crippen LogP) is 2.32. The van der Waals surface area contributed by atoms with Crippen molar-refractivity contribution in [3.63, 3.8) is 0 Å². The lowest BCUT2D eigenvalue weighted by Gasteiger charge is -2.36. The molecule has 108 valence electrons. The average Bonchev–Trinajstić information content (AvgIpc) is 2.82. The van der Waals surface area contributed by atoms with Crippen molar-refractivity contribution in [1.29, 1.82) is 0 Å². The molecule has 0 aromatic carbocycles. The number of aryl methyl sites for hydroxylation is 1. The van der Waals surface area contributed by atoms with Gasteiger partial charge >= 0.3 is 0 Å². The normalized spacial score (nSPS) is 25.3. The maximum atomic E-state index is 5.47. The van der Waals surface area contributed by atoms with Crippen molar-refractivity contribution in [2.75, 3.05) is 25.7 Å². The summed E-state index contributed by atoms with van der Waals surface area (Å²) < 4.78 is 7.41. The fourth-order valence-electron chi connectivity index (χ4n) is 2.64. The number of methoxy groups -OCH3 is 1. The molecule has 4 nitrogen and oxygen atoms in total. The van der Waals surface area contributed by atoms with Crippen molar-refractivity contribution < 1.29 is 4.74 Å². The van der Waals surface area contributed by atoms with Gasteiger partial charge in [-0.1, -0.05) is 6.92 Å². The highest BCUT2D eigenvalue weighted by Crippen LogP contribution is 2.41. The molecule has 19 heavy (non-hydrogen) atoms. The summed E-state index contributed by atoms with van der Waals surface area (Å²) in [4.78, 5) is 0. The van der Waals surface area contributed by atoms with Crippen molar-refractivity contribution in [1.82, 2.24) is 15.1 Å². The number of hydrogen-bond donors (Lipinski definition) is 1. The van der Waals surface area contributed by atoms with Crippen LogP contribution >= 0.6 is 23.5 Å². The predicted molar refractivity (Wildman–Crippen MR) is 84.3 cm³/mol. The fraction of sp³-hybridized carbons (Fsp3) is 0.769. The van der Waals surface area contributed by atoms with E-state index in [-0.39, 0.29) is 6.04 Å². The van der Waals surface area contributed by atoms with Crippen molar-refractivity contribution >= 4 is 23.5 Å². The number of nitrogens with one attached hydrogen (secondary N) is 1. The van der Waals surface area contributed by atoms with Crippen LogP contribution in [-0.4, -0.2) is 45.9 Å². The first-order chi connectivity index (χ1) is 9.22. The minimum absolute atomic E-state index is 0.283. The summed E-state index contributed by atoms with van der Waals surface area (Å²) >= 11 is 4.17. The van der Waals surface area contributed by atoms with Gasteiger partial charge in [0.2, 0.25) is 0 Å². The third-order valence-corrected chi connectivity index (χ3v) is 6.95. The first-order valence-corrected chi connectivity index (χ1v) is 8.79. The highest BCUT2D eigenvalue weighted by Gasteiger charge is 2.35. The molecule has 1 aliphatic rings. The van der Waals surface area contributed by atoms with Gasteiger partial charge in [0.25, 0.3) is 0 Å². The zero-order chi connectivity index (χ0) is 13.8. The molecule has 6 heteroatoms. The van der Waals surface area contributed by atoms with Gasteiger partial charge in [0.15, 0.2) is 5.75 Å². The highest BCUT2D eigenvalue weighted by molar-refractivity contribution is 8.07. The molecular formula is C13H23N3OS2. The highest BCUT2D eigenvalue weighted by atomic mass is 32.2. The van der Waals surface area contributed by atoms with Crippen LogP contribution in [0.2, 0.25) is 0 Å². The molecule has 0 aliphatic carbocycles. The molecular weight excluding hydrogens is 278 g/mol. The molecule has 1 saturated heterocycles. The van der Waals surface area contributed by atoms with E-state index in [0.717, 1.165) is 11.4 Å². The van der Waals surface area contributed by atoms with Gasteiger partial charge < -0.3 is 10.1 Å². The Morgan fingerprint density at radius 3 is 2.89 bits per heavy atom. The zero-order valence-corrected chi connectivity index (χ0v) is 13.7. The Morgan fingerprint density at radius 2 is 2.26 bits per heavy atom. The zero-order valence-electron chi connectivity index (χ0n) is 12.0. The summed E-state index contributed by atoms with van der Waals surface area (Å²) in [5, 5.41) is 9.07. The number of hydrogen-bond acceptors (Lipinski definition) is 5. The van der Waals surface area contributed by atoms with E-state index in [1.54, 1.807) is 13.3 Å². The van der Waals surface area contributed by atoms with Gasteiger partial charge in [-0.05, 0) is 13.5 Å². The second-order valence-corrected chi connectivity index (χ2v) is 7.27. The number of rotatable bonds is 5. The summed E-state index contributed by atoms with van der Waals surface area (Å²) in [6, 6.07) is 0.283. The van der Waals surface area contributed by atoms with E-state index < -0.39 is 0 Å². The Bertz CT molecular complexity index is 411. The number of ether oxygens (including phenoxy) is 1. The Balaban J connectivity index is 2.29. The Kier molecular flexibility index (Phi) is 5.47. The first-order valence-electron chi connectivity index (χ1n) is 6.69. The summed E-state index contributed by atoms with van der Waals surface area (Å²) in [5.74, 6) is 3.37. The fourth-order valence-corrected chi connectivity index (χ4v) is 5.91. The molecule has 1 fully saturated rings. The standard InChI is InChI=1S/C13H23N3OS2/c1-5-10-13(19-7-6-18-10)11(14-2)12-9(17-4)8-15-16(12)3/h8,10-11,13-14H,5-7H2,1-4H3. The molecule has 2 rings (SSSR count). The SMILES string of the molecule is CCC1SCCSC1C(NC)c1c(OC)cnn1C. The lowest BCUT2D eigenvalue weighted by molar-refractivity contribution is 0.394. The second kappa shape index (κ2) is 6.90. The Labute approximate surface area is 124 Å². The summed E-state index contributed by atoms with van der Waals surface area (Å²) in [6.07, 6.45) is 3.02. The molecule has 3 atom stereocenters. The van der Waals surface area contributed by atoms with Crippen LogP contribution in [0.15, 0.2) is 6.20 Å². The first kappa shape index (κ1) is 15.1. The molecule has 1 aromatic rings. The molecule has 2 heterocycles. The number of nitrogens with zero attached hydrogens (tertiary/aromatic N) is 2. The van der Waals surface area contributed by atoms with E-state index in [2.05, 4.69) is 40.9 Å². The van der Waals surface area contributed by atoms with Crippen LogP contribution in [0.5, 0.6) is 5.75 Å². The third-order valence-electron chi connectivity index (χ3n) is 3.60. The smallest absolute Gasteiger partial charge is 0.161 e. The van der Waals surface area contributed by atoms with E-state index in [0.29, 0.717) is 10.5 Å². The van der Waals surface area contributed by atoms with E-state index in [9.17, 15) is 0 Å². The van der Waals surface area contributed by atoms with Crippen LogP contribution in [0.25, 0.3) is 0 Å². The van der Waals surface area contributed by atoms with Gasteiger partial charge in [-0.25, -0.2) is 0 Å². The van der Waals surface area contributed by atoms with Crippen LogP contribution in [0.1, 0.15) is 25.1 Å². The van der Waals surface area contributed by atoms with Gasteiger partial charge in [0.1, 0.15) is 0 Å². The largest absolute Gasteiger partial charge is 0.493 e. The van der Waals surface area contributed by atoms with E-state index in [4.69, 9.17) is 4.74 Å². The van der Waals surface area contributed by atoms with Gasteiger partial charge in [-0.3, -0.25) is 4.68 Å². The van der Waals surface area contributed by atoms with E-state index in [1.165, 1.54) is 17.9 Å². The van der Waals surface area contributed by atoms with Gasteiger partial charge in [-0.15, -0.1) is 0 Å². The minimum atomic E-state index is 0.283. The summed E-state index contributed by atoms with van der Waals surface area (Å²) in [5.41, 5.74) is 1.16. The minimum Gasteiger partial charge on any atom is -0.493 e. The maximum absolute atomic E-state index is 5.47. The second-order valence-electron chi connectivity index (χ2n) is 4.64. The van der Waals surface area contributed by atoms with Gasteiger partial charge in [-0.2, -0.15) is 28.6 Å². The Morgan fingerprint density at radius 1 is 1.53 bits per heavy atom. The van der Waals surface area contributed by atoms with E-state index >= 15 is 0 Å². The van der Waals surface area contributed by atoms with Crippen LogP contribution < -0.4 is 10.1 Å². The quantitative estimate of drug-likeness (QED) is 0.903. The number of thioether (sulfide) groups is 2. The lowest BCUT2D eigenvalue weighted by atomic mass is 10.0. The molecule has 0 bridgehead atoms. The average molecular weight is 301 g/mol. The summed E-state index contributed by atoms with van der Waals surface area (Å²) in [7, 11) is 5.74. The Hall–Kier alpha value is -0.330. The monoisotopic (exact) mass is 301 g/mol. The molecule has 1 N–H and O–H groups in total. The van der Waals surface area contributed by atoms with Crippen LogP contribution in [0, 0.1) is 0 Å². The van der Waals surface area contributed by atoms with Crippen LogP contribution in [0.3, 0.4) is 0 Å². The molecule has 3 unspecified atom stereocenters. The van der Waals surface area contributed by atoms with Crippen molar-refractivity contribution in [2.45, 2.75) is 29.9 Å². The summed E-state index contributed by atoms with van der Waals surface area (Å²) in [6.45, 7) is 2.28. The molecule has 0 saturated carbocycles. The third kappa shape index (κ3) is 3.06. The van der Waals surface area contributed by atoms with Gasteiger partial charge in [0.05, 0.1) is 25.0 Å². The lowest BCUT2D eigenvalue weighted by Crippen LogP contribution is -2.38. The maximum Gasteiger partial charge on any atom is 0.161 e. The topological polar surface area (TPSA) is 39.1 Å². The molecule has 1 aromatic heterocycles. The van der Waals surface area contributed by atoms with Crippen molar-refractivity contribution in [3.8, 4) is 5.75 Å². The molecule has 0 spiro atoms.